The highest BCUT2D eigenvalue weighted by Crippen LogP contribution is 2.41. The lowest BCUT2D eigenvalue weighted by Gasteiger charge is -2.40. The van der Waals surface area contributed by atoms with Crippen LogP contribution in [0, 0.1) is 13.8 Å². The third-order valence-electron chi connectivity index (χ3n) is 4.62. The first-order chi connectivity index (χ1) is 9.59. The maximum absolute atomic E-state index is 10.8. The molecule has 4 heteroatoms. The second-order valence-corrected chi connectivity index (χ2v) is 6.34. The Bertz CT molecular complexity index is 512. The molecule has 0 aliphatic carbocycles. The summed E-state index contributed by atoms with van der Waals surface area (Å²) in [4.78, 5) is 2.37. The summed E-state index contributed by atoms with van der Waals surface area (Å²) >= 11 is 6.33. The predicted octanol–water partition coefficient (Wildman–Crippen LogP) is 3.24. The minimum Gasteiger partial charge on any atom is -0.491 e. The fraction of sp³-hybridized carbons (Fsp3) is 0.625. The van der Waals surface area contributed by atoms with Crippen LogP contribution in [-0.2, 0) is 0 Å². The van der Waals surface area contributed by atoms with Gasteiger partial charge in [0, 0.05) is 10.6 Å². The van der Waals surface area contributed by atoms with Gasteiger partial charge in [0.15, 0.2) is 0 Å². The summed E-state index contributed by atoms with van der Waals surface area (Å²) in [5.41, 5.74) is 2.84. The van der Waals surface area contributed by atoms with Crippen LogP contribution >= 0.6 is 11.6 Å². The summed E-state index contributed by atoms with van der Waals surface area (Å²) < 4.78 is 5.92. The Morgan fingerprint density at radius 1 is 1.25 bits per heavy atom. The number of halogens is 1. The van der Waals surface area contributed by atoms with Crippen LogP contribution in [-0.4, -0.2) is 35.7 Å². The molecule has 1 saturated heterocycles. The van der Waals surface area contributed by atoms with E-state index in [1.165, 1.54) is 19.3 Å². The molecule has 0 saturated carbocycles. The summed E-state index contributed by atoms with van der Waals surface area (Å²) in [6.45, 7) is 6.62. The summed E-state index contributed by atoms with van der Waals surface area (Å²) in [7, 11) is 0. The molecular formula is C16H22ClNO2. The molecule has 0 spiro atoms. The standard InChI is InChI=1S/C16H22ClNO2/c1-10-8-13-14(11(2)15(10)17)16(19)12(9-20-13)18-6-4-3-5-7-18/h8,12,16,19H,3-7,9H2,1-2H3. The van der Waals surface area contributed by atoms with E-state index in [-0.39, 0.29) is 6.04 Å². The van der Waals surface area contributed by atoms with E-state index in [0.717, 1.165) is 40.6 Å². The van der Waals surface area contributed by atoms with Gasteiger partial charge >= 0.3 is 0 Å². The first-order valence-corrected chi connectivity index (χ1v) is 7.82. The van der Waals surface area contributed by atoms with Gasteiger partial charge in [0.2, 0.25) is 0 Å². The summed E-state index contributed by atoms with van der Waals surface area (Å²) in [6.07, 6.45) is 3.21. The van der Waals surface area contributed by atoms with E-state index in [9.17, 15) is 5.11 Å². The Labute approximate surface area is 125 Å². The van der Waals surface area contributed by atoms with E-state index in [1.54, 1.807) is 0 Å². The lowest BCUT2D eigenvalue weighted by Crippen LogP contribution is -2.48. The van der Waals surface area contributed by atoms with Crippen LogP contribution in [0.1, 0.15) is 42.1 Å². The topological polar surface area (TPSA) is 32.7 Å². The van der Waals surface area contributed by atoms with Crippen molar-refractivity contribution < 1.29 is 9.84 Å². The summed E-state index contributed by atoms with van der Waals surface area (Å²) in [5.74, 6) is 0.796. The van der Waals surface area contributed by atoms with Gasteiger partial charge in [-0.25, -0.2) is 0 Å². The predicted molar refractivity (Wildman–Crippen MR) is 80.6 cm³/mol. The van der Waals surface area contributed by atoms with E-state index in [1.807, 2.05) is 19.9 Å². The van der Waals surface area contributed by atoms with Crippen LogP contribution in [0.2, 0.25) is 5.02 Å². The molecule has 1 aromatic rings. The minimum atomic E-state index is -0.505. The number of hydrogen-bond acceptors (Lipinski definition) is 3. The van der Waals surface area contributed by atoms with Gasteiger partial charge in [-0.05, 0) is 57.0 Å². The first-order valence-electron chi connectivity index (χ1n) is 7.44. The second-order valence-electron chi connectivity index (χ2n) is 5.96. The average molecular weight is 296 g/mol. The molecule has 2 aliphatic heterocycles. The van der Waals surface area contributed by atoms with Gasteiger partial charge in [0.25, 0.3) is 0 Å². The van der Waals surface area contributed by atoms with Crippen LogP contribution in [0.15, 0.2) is 6.07 Å². The normalized spacial score (nSPS) is 27.0. The Balaban J connectivity index is 1.93. The number of fused-ring (bicyclic) bond motifs is 1. The maximum atomic E-state index is 10.8. The number of ether oxygens (including phenoxy) is 1. The van der Waals surface area contributed by atoms with Crippen molar-refractivity contribution >= 4 is 11.6 Å². The lowest BCUT2D eigenvalue weighted by molar-refractivity contribution is -0.00474. The van der Waals surface area contributed by atoms with Crippen molar-refractivity contribution in [3.8, 4) is 5.75 Å². The quantitative estimate of drug-likeness (QED) is 0.863. The fourth-order valence-corrected chi connectivity index (χ4v) is 3.59. The van der Waals surface area contributed by atoms with E-state index in [2.05, 4.69) is 4.90 Å². The molecule has 0 aromatic heterocycles. The van der Waals surface area contributed by atoms with Crippen molar-refractivity contribution in [3.63, 3.8) is 0 Å². The third kappa shape index (κ3) is 2.32. The second kappa shape index (κ2) is 5.55. The average Bonchev–Trinajstić information content (AvgIpc) is 2.46. The highest BCUT2D eigenvalue weighted by Gasteiger charge is 2.36. The van der Waals surface area contributed by atoms with Crippen molar-refractivity contribution in [1.82, 2.24) is 4.90 Å². The van der Waals surface area contributed by atoms with E-state index in [0.29, 0.717) is 6.61 Å². The van der Waals surface area contributed by atoms with Crippen LogP contribution in [0.5, 0.6) is 5.75 Å². The SMILES string of the molecule is Cc1cc2c(c(C)c1Cl)C(O)C(N1CCCCC1)CO2. The van der Waals surface area contributed by atoms with Gasteiger partial charge in [-0.3, -0.25) is 4.90 Å². The molecular weight excluding hydrogens is 274 g/mol. The highest BCUT2D eigenvalue weighted by molar-refractivity contribution is 6.32. The largest absolute Gasteiger partial charge is 0.491 e. The van der Waals surface area contributed by atoms with Crippen molar-refractivity contribution in [2.45, 2.75) is 45.3 Å². The van der Waals surface area contributed by atoms with Crippen molar-refractivity contribution in [2.24, 2.45) is 0 Å². The molecule has 2 atom stereocenters. The zero-order valence-electron chi connectivity index (χ0n) is 12.2. The van der Waals surface area contributed by atoms with Gasteiger partial charge in [-0.1, -0.05) is 18.0 Å². The molecule has 1 aromatic carbocycles. The molecule has 20 heavy (non-hydrogen) atoms. The third-order valence-corrected chi connectivity index (χ3v) is 5.20. The Morgan fingerprint density at radius 2 is 1.95 bits per heavy atom. The molecule has 2 heterocycles. The number of piperidine rings is 1. The molecule has 3 nitrogen and oxygen atoms in total. The van der Waals surface area contributed by atoms with Crippen molar-refractivity contribution in [2.75, 3.05) is 19.7 Å². The number of rotatable bonds is 1. The molecule has 0 bridgehead atoms. The Morgan fingerprint density at radius 3 is 2.65 bits per heavy atom. The van der Waals surface area contributed by atoms with Crippen LogP contribution in [0.4, 0.5) is 0 Å². The van der Waals surface area contributed by atoms with Gasteiger partial charge in [0.05, 0.1) is 6.04 Å². The number of likely N-dealkylation sites (tertiary alicyclic amines) is 1. The van der Waals surface area contributed by atoms with Gasteiger partial charge in [-0.15, -0.1) is 0 Å². The zero-order valence-corrected chi connectivity index (χ0v) is 12.9. The number of aliphatic hydroxyl groups excluding tert-OH is 1. The van der Waals surface area contributed by atoms with Gasteiger partial charge in [-0.2, -0.15) is 0 Å². The van der Waals surface area contributed by atoms with Gasteiger partial charge < -0.3 is 9.84 Å². The maximum Gasteiger partial charge on any atom is 0.125 e. The summed E-state index contributed by atoms with van der Waals surface area (Å²) in [5, 5.41) is 11.5. The van der Waals surface area contributed by atoms with Crippen LogP contribution < -0.4 is 4.74 Å². The molecule has 0 radical (unpaired) electrons. The molecule has 2 aliphatic rings. The lowest BCUT2D eigenvalue weighted by atomic mass is 9.91. The molecule has 1 fully saturated rings. The number of aliphatic hydroxyl groups is 1. The van der Waals surface area contributed by atoms with Crippen molar-refractivity contribution in [3.05, 3.63) is 27.8 Å². The fourth-order valence-electron chi connectivity index (χ4n) is 3.44. The number of aryl methyl sites for hydroxylation is 1. The smallest absolute Gasteiger partial charge is 0.125 e. The van der Waals surface area contributed by atoms with E-state index >= 15 is 0 Å². The van der Waals surface area contributed by atoms with E-state index < -0.39 is 6.10 Å². The highest BCUT2D eigenvalue weighted by atomic mass is 35.5. The monoisotopic (exact) mass is 295 g/mol. The molecule has 0 amide bonds. The van der Waals surface area contributed by atoms with Gasteiger partial charge in [0.1, 0.15) is 18.5 Å². The molecule has 110 valence electrons. The van der Waals surface area contributed by atoms with Crippen LogP contribution in [0.25, 0.3) is 0 Å². The zero-order chi connectivity index (χ0) is 14.3. The Kier molecular flexibility index (Phi) is 3.93. The first kappa shape index (κ1) is 14.2. The number of hydrogen-bond donors (Lipinski definition) is 1. The molecule has 2 unspecified atom stereocenters. The molecule has 3 rings (SSSR count). The number of benzene rings is 1. The summed E-state index contributed by atoms with van der Waals surface area (Å²) in [6, 6.07) is 2.00. The van der Waals surface area contributed by atoms with Crippen LogP contribution in [0.3, 0.4) is 0 Å². The Hall–Kier alpha value is -0.770. The van der Waals surface area contributed by atoms with Crippen molar-refractivity contribution in [1.29, 1.82) is 0 Å². The minimum absolute atomic E-state index is 0.0558. The number of nitrogens with zero attached hydrogens (tertiary/aromatic N) is 1. The molecule has 1 N–H and O–H groups in total. The van der Waals surface area contributed by atoms with E-state index in [4.69, 9.17) is 16.3 Å².